The van der Waals surface area contributed by atoms with Crippen molar-refractivity contribution in [2.24, 2.45) is 0 Å². The van der Waals surface area contributed by atoms with E-state index in [0.29, 0.717) is 26.3 Å². The third kappa shape index (κ3) is 7.43. The maximum atomic E-state index is 13.1. The highest BCUT2D eigenvalue weighted by atomic mass is 19.4. The largest absolute Gasteiger partial charge is 0.477 e. The van der Waals surface area contributed by atoms with Crippen molar-refractivity contribution >= 4 is 23.4 Å². The van der Waals surface area contributed by atoms with Crippen molar-refractivity contribution < 1.29 is 27.4 Å². The Bertz CT molecular complexity index is 1050. The molecule has 0 saturated carbocycles. The van der Waals surface area contributed by atoms with E-state index in [1.807, 2.05) is 11.0 Å². The zero-order chi connectivity index (χ0) is 24.7. The molecule has 2 heterocycles. The average Bonchev–Trinajstić information content (AvgIpc) is 2.79. The number of nitrogens with zero attached hydrogens (tertiary/aromatic N) is 4. The van der Waals surface area contributed by atoms with E-state index in [4.69, 9.17) is 15.2 Å². The van der Waals surface area contributed by atoms with Crippen molar-refractivity contribution in [3.05, 3.63) is 35.4 Å². The van der Waals surface area contributed by atoms with Crippen LogP contribution in [0.2, 0.25) is 0 Å². The second-order valence-electron chi connectivity index (χ2n) is 7.33. The number of benzene rings is 1. The number of nitriles is 1. The van der Waals surface area contributed by atoms with E-state index in [-0.39, 0.29) is 49.5 Å². The van der Waals surface area contributed by atoms with Crippen LogP contribution in [-0.2, 0) is 15.7 Å². The van der Waals surface area contributed by atoms with Crippen LogP contribution in [0.4, 0.5) is 30.6 Å². The highest BCUT2D eigenvalue weighted by Gasteiger charge is 2.31. The lowest BCUT2D eigenvalue weighted by Gasteiger charge is -2.30. The van der Waals surface area contributed by atoms with Crippen LogP contribution in [0.5, 0.6) is 5.88 Å². The molecule has 190 valence electrons. The van der Waals surface area contributed by atoms with Crippen LogP contribution in [0.3, 0.4) is 0 Å². The summed E-state index contributed by atoms with van der Waals surface area (Å²) < 4.78 is 49.9. The van der Waals surface area contributed by atoms with Gasteiger partial charge in [0, 0.05) is 25.3 Å². The lowest BCUT2D eigenvalue weighted by molar-refractivity contribution is -0.137. The van der Waals surface area contributed by atoms with Crippen LogP contribution in [0.25, 0.3) is 0 Å². The molecule has 2 aromatic rings. The molecule has 1 aliphatic heterocycles. The number of nitrogen functional groups attached to an aromatic ring is 1. The summed E-state index contributed by atoms with van der Waals surface area (Å²) in [5.41, 5.74) is 4.79. The number of halogens is 3. The van der Waals surface area contributed by atoms with Gasteiger partial charge in [0.25, 0.3) is 0 Å². The van der Waals surface area contributed by atoms with Gasteiger partial charge in [-0.3, -0.25) is 9.69 Å². The summed E-state index contributed by atoms with van der Waals surface area (Å²) in [7, 11) is 0. The molecule has 0 unspecified atom stereocenters. The van der Waals surface area contributed by atoms with Crippen molar-refractivity contribution in [1.29, 1.82) is 5.26 Å². The van der Waals surface area contributed by atoms with Crippen LogP contribution in [0.1, 0.15) is 25.5 Å². The Balaban J connectivity index is 0.00000432. The molecule has 0 radical (unpaired) electrons. The minimum atomic E-state index is -4.55. The van der Waals surface area contributed by atoms with Crippen molar-refractivity contribution in [3.63, 3.8) is 0 Å². The second kappa shape index (κ2) is 12.2. The number of hydrogen-bond acceptors (Lipinski definition) is 9. The van der Waals surface area contributed by atoms with Gasteiger partial charge in [-0.25, -0.2) is 0 Å². The van der Waals surface area contributed by atoms with E-state index < -0.39 is 23.7 Å². The molecule has 4 N–H and O–H groups in total. The lowest BCUT2D eigenvalue weighted by Crippen LogP contribution is -2.48. The summed E-state index contributed by atoms with van der Waals surface area (Å²) in [5, 5.41) is 15.0. The summed E-state index contributed by atoms with van der Waals surface area (Å²) in [4.78, 5) is 23.0. The SMILES string of the molecule is C.CCOc1nc(N)nc(N[C@@H](CN2CCOCC2)C(=O)Nc2cccc(C(F)(F)F)c2)c1C#N. The van der Waals surface area contributed by atoms with Crippen LogP contribution < -0.4 is 21.1 Å². The van der Waals surface area contributed by atoms with Crippen LogP contribution in [0, 0.1) is 11.3 Å². The zero-order valence-corrected chi connectivity index (χ0v) is 18.4. The highest BCUT2D eigenvalue weighted by molar-refractivity contribution is 5.97. The molecule has 0 aliphatic carbocycles. The predicted molar refractivity (Wildman–Crippen MR) is 124 cm³/mol. The number of nitrogens with one attached hydrogen (secondary N) is 2. The number of aromatic nitrogens is 2. The molecule has 3 rings (SSSR count). The van der Waals surface area contributed by atoms with Gasteiger partial charge in [-0.1, -0.05) is 13.5 Å². The second-order valence-corrected chi connectivity index (χ2v) is 7.33. The lowest BCUT2D eigenvalue weighted by atomic mass is 10.1. The van der Waals surface area contributed by atoms with Crippen molar-refractivity contribution in [2.45, 2.75) is 26.6 Å². The van der Waals surface area contributed by atoms with Crippen LogP contribution in [-0.4, -0.2) is 66.3 Å². The molecule has 1 atom stereocenters. The maximum absolute atomic E-state index is 13.1. The normalized spacial score (nSPS) is 14.8. The zero-order valence-electron chi connectivity index (χ0n) is 18.4. The molecule has 1 saturated heterocycles. The van der Waals surface area contributed by atoms with Gasteiger partial charge >= 0.3 is 6.18 Å². The molecule has 1 fully saturated rings. The fourth-order valence-electron chi connectivity index (χ4n) is 3.31. The number of carbonyl (C=O) groups is 1. The van der Waals surface area contributed by atoms with E-state index in [0.717, 1.165) is 12.1 Å². The summed E-state index contributed by atoms with van der Waals surface area (Å²) in [6.45, 7) is 4.15. The van der Waals surface area contributed by atoms with E-state index in [1.165, 1.54) is 12.1 Å². The topological polar surface area (TPSA) is 138 Å². The molecular weight excluding hydrogens is 467 g/mol. The average molecular weight is 496 g/mol. The quantitative estimate of drug-likeness (QED) is 0.504. The molecule has 0 spiro atoms. The van der Waals surface area contributed by atoms with Crippen LogP contribution >= 0.6 is 0 Å². The fourth-order valence-corrected chi connectivity index (χ4v) is 3.31. The first-order valence-electron chi connectivity index (χ1n) is 10.5. The van der Waals surface area contributed by atoms with Gasteiger partial charge in [-0.05, 0) is 25.1 Å². The van der Waals surface area contributed by atoms with Crippen LogP contribution in [0.15, 0.2) is 24.3 Å². The summed E-state index contributed by atoms with van der Waals surface area (Å²) >= 11 is 0. The van der Waals surface area contributed by atoms with E-state index >= 15 is 0 Å². The Morgan fingerprint density at radius 2 is 2.06 bits per heavy atom. The molecule has 1 amide bonds. The molecule has 1 aromatic carbocycles. The van der Waals surface area contributed by atoms with Gasteiger partial charge in [-0.2, -0.15) is 28.4 Å². The van der Waals surface area contributed by atoms with Gasteiger partial charge in [0.15, 0.2) is 11.4 Å². The third-order valence-electron chi connectivity index (χ3n) is 4.92. The summed E-state index contributed by atoms with van der Waals surface area (Å²) in [5.74, 6) is -0.850. The molecule has 13 heteroatoms. The minimum absolute atomic E-state index is 0. The van der Waals surface area contributed by atoms with Gasteiger partial charge in [0.2, 0.25) is 17.7 Å². The fraction of sp³-hybridized carbons (Fsp3) is 0.455. The first-order valence-corrected chi connectivity index (χ1v) is 10.5. The number of rotatable bonds is 8. The molecule has 35 heavy (non-hydrogen) atoms. The maximum Gasteiger partial charge on any atom is 0.416 e. The predicted octanol–water partition coefficient (Wildman–Crippen LogP) is 2.74. The number of hydrogen-bond donors (Lipinski definition) is 3. The Hall–Kier alpha value is -3.63. The van der Waals surface area contributed by atoms with E-state index in [9.17, 15) is 23.2 Å². The number of alkyl halides is 3. The van der Waals surface area contributed by atoms with Crippen molar-refractivity contribution in [3.8, 4) is 11.9 Å². The number of anilines is 3. The monoisotopic (exact) mass is 495 g/mol. The Kier molecular flexibility index (Phi) is 9.61. The van der Waals surface area contributed by atoms with E-state index in [1.54, 1.807) is 6.92 Å². The Morgan fingerprint density at radius 3 is 2.69 bits per heavy atom. The van der Waals surface area contributed by atoms with Crippen molar-refractivity contribution in [2.75, 3.05) is 55.8 Å². The molecule has 1 aliphatic rings. The standard InChI is InChI=1S/C21H24F3N7O3.CH4/c1-2-34-19-15(11-25)17(29-20(26)30-19)28-16(12-31-6-8-33-9-7-31)18(32)27-14-5-3-4-13(10-14)21(22,23)24;/h3-5,10,16H,2,6-9,12H2,1H3,(H,27,32)(H3,26,28,29,30);1H4/t16-;/m0./s1. The number of carbonyl (C=O) groups excluding carboxylic acids is 1. The molecule has 1 aromatic heterocycles. The Labute approximate surface area is 201 Å². The first kappa shape index (κ1) is 27.6. The van der Waals surface area contributed by atoms with E-state index in [2.05, 4.69) is 20.6 Å². The van der Waals surface area contributed by atoms with Gasteiger partial charge in [-0.15, -0.1) is 0 Å². The summed E-state index contributed by atoms with van der Waals surface area (Å²) in [6.07, 6.45) is -4.55. The number of morpholine rings is 1. The number of nitrogens with two attached hydrogens (primary N) is 1. The Morgan fingerprint density at radius 1 is 1.34 bits per heavy atom. The van der Waals surface area contributed by atoms with Gasteiger partial charge in [0.05, 0.1) is 25.4 Å². The smallest absolute Gasteiger partial charge is 0.416 e. The minimum Gasteiger partial charge on any atom is -0.477 e. The van der Waals surface area contributed by atoms with Gasteiger partial charge in [0.1, 0.15) is 12.1 Å². The highest BCUT2D eigenvalue weighted by Crippen LogP contribution is 2.31. The van der Waals surface area contributed by atoms with Gasteiger partial charge < -0.3 is 25.8 Å². The molecule has 0 bridgehead atoms. The number of amides is 1. The van der Waals surface area contributed by atoms with Crippen molar-refractivity contribution in [1.82, 2.24) is 14.9 Å². The summed E-state index contributed by atoms with van der Waals surface area (Å²) in [6, 6.07) is 5.27. The molecular formula is C22H28F3N7O3. The number of ether oxygens (including phenoxy) is 2. The third-order valence-corrected chi connectivity index (χ3v) is 4.92. The first-order chi connectivity index (χ1) is 16.2. The molecule has 10 nitrogen and oxygen atoms in total.